The number of nitrogens with zero attached hydrogens (tertiary/aromatic N) is 2. The van der Waals surface area contributed by atoms with Crippen LogP contribution in [0.4, 0.5) is 0 Å². The van der Waals surface area contributed by atoms with E-state index < -0.39 is 0 Å². The molecule has 2 atom stereocenters. The molecule has 11 rings (SSSR count). The lowest BCUT2D eigenvalue weighted by Crippen LogP contribution is -2.12. The number of allylic oxidation sites excluding steroid dienone is 10. The Balaban J connectivity index is 1.12. The van der Waals surface area contributed by atoms with Crippen molar-refractivity contribution >= 4 is 32.8 Å². The van der Waals surface area contributed by atoms with Crippen molar-refractivity contribution in [1.29, 1.82) is 0 Å². The third kappa shape index (κ3) is 7.33. The molecule has 1 heterocycles. The standard InChI is InChI=1S/C62H46N2/c1-42-21-14-18-35-52(42)59-56(41-55(43-22-6-2-7-23-43)57(45-25-8-3-9-26-45)58(59)46-27-10-4-11-28-46)50-34-20-33-49(39-50)48-31-15-16-32-51(40-48)62-63-60(47-29-12-5-13-30-47)54-38-37-44-24-17-19-36-53(44)61(54)64-62/h2-14,16-42,52H,15H2,1H3. The van der Waals surface area contributed by atoms with E-state index in [0.717, 1.165) is 56.1 Å². The minimum Gasteiger partial charge on any atom is -0.227 e. The number of hydrogen-bond acceptors (Lipinski definition) is 2. The molecule has 0 saturated carbocycles. The quantitative estimate of drug-likeness (QED) is 0.143. The highest BCUT2D eigenvalue weighted by Gasteiger charge is 2.29. The summed E-state index contributed by atoms with van der Waals surface area (Å²) in [4.78, 5) is 10.7. The molecule has 1 aromatic heterocycles. The highest BCUT2D eigenvalue weighted by molar-refractivity contribution is 6.10. The van der Waals surface area contributed by atoms with Crippen LogP contribution in [0.25, 0.3) is 88.6 Å². The summed E-state index contributed by atoms with van der Waals surface area (Å²) in [5.41, 5.74) is 17.4. The van der Waals surface area contributed by atoms with Crippen LogP contribution < -0.4 is 0 Å². The summed E-state index contributed by atoms with van der Waals surface area (Å²) in [6, 6.07) is 67.9. The van der Waals surface area contributed by atoms with Gasteiger partial charge < -0.3 is 0 Å². The van der Waals surface area contributed by atoms with Gasteiger partial charge in [-0.3, -0.25) is 0 Å². The van der Waals surface area contributed by atoms with Crippen LogP contribution in [-0.2, 0) is 0 Å². The number of aromatic nitrogens is 2. The minimum atomic E-state index is 0.152. The molecule has 0 amide bonds. The monoisotopic (exact) mass is 818 g/mol. The molecule has 0 radical (unpaired) electrons. The van der Waals surface area contributed by atoms with Crippen molar-refractivity contribution in [2.75, 3.05) is 0 Å². The summed E-state index contributed by atoms with van der Waals surface area (Å²) in [5, 5.41) is 3.34. The van der Waals surface area contributed by atoms with Crippen LogP contribution in [0.3, 0.4) is 0 Å². The molecular formula is C62H46N2. The maximum Gasteiger partial charge on any atom is 0.160 e. The second kappa shape index (κ2) is 17.1. The van der Waals surface area contributed by atoms with E-state index >= 15 is 0 Å². The maximum absolute atomic E-state index is 5.36. The van der Waals surface area contributed by atoms with Crippen molar-refractivity contribution in [2.24, 2.45) is 5.92 Å². The molecule has 0 N–H and O–H groups in total. The van der Waals surface area contributed by atoms with Crippen LogP contribution in [0.2, 0.25) is 0 Å². The highest BCUT2D eigenvalue weighted by Crippen LogP contribution is 2.51. The van der Waals surface area contributed by atoms with Gasteiger partial charge in [0.05, 0.1) is 11.2 Å². The lowest BCUT2D eigenvalue weighted by molar-refractivity contribution is 0.638. The van der Waals surface area contributed by atoms with Crippen molar-refractivity contribution in [1.82, 2.24) is 9.97 Å². The molecule has 0 fully saturated rings. The third-order valence-corrected chi connectivity index (χ3v) is 12.8. The summed E-state index contributed by atoms with van der Waals surface area (Å²) in [6.45, 7) is 2.35. The van der Waals surface area contributed by atoms with Crippen molar-refractivity contribution in [3.05, 3.63) is 254 Å². The van der Waals surface area contributed by atoms with E-state index in [1.807, 2.05) is 0 Å². The first-order chi connectivity index (χ1) is 31.7. The van der Waals surface area contributed by atoms with Gasteiger partial charge in [-0.1, -0.05) is 219 Å². The second-order valence-corrected chi connectivity index (χ2v) is 16.8. The maximum atomic E-state index is 5.36. The highest BCUT2D eigenvalue weighted by atomic mass is 14.9. The lowest BCUT2D eigenvalue weighted by Gasteiger charge is -2.30. The Hall–Kier alpha value is -7.94. The van der Waals surface area contributed by atoms with Crippen LogP contribution in [-0.4, -0.2) is 9.97 Å². The third-order valence-electron chi connectivity index (χ3n) is 12.8. The molecule has 64 heavy (non-hydrogen) atoms. The molecule has 2 aliphatic rings. The zero-order chi connectivity index (χ0) is 42.8. The molecule has 0 saturated heterocycles. The Kier molecular flexibility index (Phi) is 10.4. The Labute approximate surface area is 375 Å². The van der Waals surface area contributed by atoms with E-state index in [2.05, 4.69) is 244 Å². The van der Waals surface area contributed by atoms with Crippen LogP contribution in [0.5, 0.6) is 0 Å². The second-order valence-electron chi connectivity index (χ2n) is 16.8. The van der Waals surface area contributed by atoms with E-state index in [-0.39, 0.29) is 5.92 Å². The van der Waals surface area contributed by atoms with Crippen LogP contribution >= 0.6 is 0 Å². The number of hydrogen-bond donors (Lipinski definition) is 0. The first-order valence-electron chi connectivity index (χ1n) is 22.3. The van der Waals surface area contributed by atoms with Crippen molar-refractivity contribution in [3.63, 3.8) is 0 Å². The Bertz CT molecular complexity index is 3340. The summed E-state index contributed by atoms with van der Waals surface area (Å²) in [6.07, 6.45) is 19.0. The summed E-state index contributed by atoms with van der Waals surface area (Å²) in [5.74, 6) is 1.16. The van der Waals surface area contributed by atoms with Crippen molar-refractivity contribution in [3.8, 4) is 55.8 Å². The molecule has 0 spiro atoms. The minimum absolute atomic E-state index is 0.152. The van der Waals surface area contributed by atoms with Gasteiger partial charge in [0.25, 0.3) is 0 Å². The summed E-state index contributed by atoms with van der Waals surface area (Å²) >= 11 is 0. The Morgan fingerprint density at radius 1 is 0.469 bits per heavy atom. The average Bonchev–Trinajstić information content (AvgIpc) is 3.64. The molecule has 304 valence electrons. The molecule has 9 aromatic rings. The average molecular weight is 819 g/mol. The molecule has 2 heteroatoms. The predicted molar refractivity (Wildman–Crippen MR) is 271 cm³/mol. The fourth-order valence-corrected chi connectivity index (χ4v) is 9.70. The molecular weight excluding hydrogens is 773 g/mol. The van der Waals surface area contributed by atoms with Gasteiger partial charge in [-0.25, -0.2) is 9.97 Å². The fraction of sp³-hybridized carbons (Fsp3) is 0.0645. The molecule has 2 aliphatic carbocycles. The lowest BCUT2D eigenvalue weighted by atomic mass is 9.73. The first kappa shape index (κ1) is 38.9. The van der Waals surface area contributed by atoms with Gasteiger partial charge in [0.15, 0.2) is 5.82 Å². The normalized spacial score (nSPS) is 15.8. The molecule has 2 nitrogen and oxygen atoms in total. The zero-order valence-electron chi connectivity index (χ0n) is 35.8. The fourth-order valence-electron chi connectivity index (χ4n) is 9.70. The van der Waals surface area contributed by atoms with Crippen LogP contribution in [0.15, 0.2) is 237 Å². The Morgan fingerprint density at radius 2 is 1.09 bits per heavy atom. The molecule has 0 aliphatic heterocycles. The van der Waals surface area contributed by atoms with Gasteiger partial charge in [-0.05, 0) is 103 Å². The van der Waals surface area contributed by atoms with Crippen LogP contribution in [0, 0.1) is 5.92 Å². The smallest absolute Gasteiger partial charge is 0.160 e. The van der Waals surface area contributed by atoms with Gasteiger partial charge >= 0.3 is 0 Å². The van der Waals surface area contributed by atoms with E-state index in [0.29, 0.717) is 11.7 Å². The SMILES string of the molecule is CC1C=CC=CC1c1c(-c2cccc(C3=CCC=CC(c4nc(-c5ccccc5)c5ccc6ccccc6c5n4)=C3)c2)cc(-c2ccccc2)c(-c2ccccc2)c1-c1ccccc1. The predicted octanol–water partition coefficient (Wildman–Crippen LogP) is 16.4. The molecule has 2 unspecified atom stereocenters. The van der Waals surface area contributed by atoms with Crippen molar-refractivity contribution in [2.45, 2.75) is 19.3 Å². The number of benzene rings is 8. The van der Waals surface area contributed by atoms with Gasteiger partial charge in [-0.15, -0.1) is 0 Å². The topological polar surface area (TPSA) is 25.8 Å². The van der Waals surface area contributed by atoms with Gasteiger partial charge in [0.2, 0.25) is 0 Å². The van der Waals surface area contributed by atoms with E-state index in [1.165, 1.54) is 50.1 Å². The molecule has 0 bridgehead atoms. The van der Waals surface area contributed by atoms with E-state index in [4.69, 9.17) is 9.97 Å². The van der Waals surface area contributed by atoms with Gasteiger partial charge in [-0.2, -0.15) is 0 Å². The van der Waals surface area contributed by atoms with Crippen molar-refractivity contribution < 1.29 is 0 Å². The number of fused-ring (bicyclic) bond motifs is 3. The van der Waals surface area contributed by atoms with E-state index in [1.54, 1.807) is 0 Å². The van der Waals surface area contributed by atoms with E-state index in [9.17, 15) is 0 Å². The van der Waals surface area contributed by atoms with Gasteiger partial charge in [0.1, 0.15) is 0 Å². The zero-order valence-corrected chi connectivity index (χ0v) is 35.8. The van der Waals surface area contributed by atoms with Crippen LogP contribution in [0.1, 0.15) is 36.2 Å². The number of rotatable bonds is 8. The Morgan fingerprint density at radius 3 is 1.83 bits per heavy atom. The molecule has 8 aromatic carbocycles. The summed E-state index contributed by atoms with van der Waals surface area (Å²) < 4.78 is 0. The van der Waals surface area contributed by atoms with Gasteiger partial charge in [0, 0.05) is 27.8 Å². The largest absolute Gasteiger partial charge is 0.227 e. The first-order valence-corrected chi connectivity index (χ1v) is 22.3. The summed E-state index contributed by atoms with van der Waals surface area (Å²) in [7, 11) is 0.